The van der Waals surface area contributed by atoms with E-state index in [0.29, 0.717) is 0 Å². The third kappa shape index (κ3) is 3.14. The van der Waals surface area contributed by atoms with Crippen LogP contribution in [0.3, 0.4) is 0 Å². The van der Waals surface area contributed by atoms with Crippen LogP contribution in [0.25, 0.3) is 0 Å². The Hall–Kier alpha value is -0.540. The van der Waals surface area contributed by atoms with Crippen LogP contribution in [0.4, 0.5) is 0 Å². The highest BCUT2D eigenvalue weighted by molar-refractivity contribution is 9.10. The maximum atomic E-state index is 5.29. The van der Waals surface area contributed by atoms with Gasteiger partial charge in [-0.25, -0.2) is 0 Å². The van der Waals surface area contributed by atoms with Crippen LogP contribution in [0.15, 0.2) is 22.7 Å². The van der Waals surface area contributed by atoms with Crippen molar-refractivity contribution in [3.63, 3.8) is 0 Å². The van der Waals surface area contributed by atoms with E-state index in [1.54, 1.807) is 7.11 Å². The Kier molecular flexibility index (Phi) is 4.13. The molecule has 1 aromatic carbocycles. The van der Waals surface area contributed by atoms with E-state index in [-0.39, 0.29) is 0 Å². The number of ether oxygens (including phenoxy) is 1. The first-order chi connectivity index (χ1) is 9.24. The number of piperidine rings is 1. The third-order valence-corrected chi connectivity index (χ3v) is 5.17. The van der Waals surface area contributed by atoms with Crippen LogP contribution in [0.1, 0.15) is 31.2 Å². The second-order valence-corrected chi connectivity index (χ2v) is 6.92. The van der Waals surface area contributed by atoms with E-state index in [1.807, 2.05) is 0 Å². The SMILES string of the molecule is COc1ccc(CN2CC3CCCC(C3)C2)cc1Br. The number of halogens is 1. The minimum absolute atomic E-state index is 0.916. The maximum absolute atomic E-state index is 5.29. The summed E-state index contributed by atoms with van der Waals surface area (Å²) in [4.78, 5) is 2.65. The van der Waals surface area contributed by atoms with Crippen LogP contribution in [0.2, 0.25) is 0 Å². The van der Waals surface area contributed by atoms with Gasteiger partial charge in [0.2, 0.25) is 0 Å². The number of nitrogens with zero attached hydrogens (tertiary/aromatic N) is 1. The first-order valence-electron chi connectivity index (χ1n) is 7.29. The molecule has 1 aliphatic carbocycles. The van der Waals surface area contributed by atoms with Crippen LogP contribution in [-0.4, -0.2) is 25.1 Å². The van der Waals surface area contributed by atoms with Gasteiger partial charge in [-0.1, -0.05) is 12.5 Å². The molecule has 1 aromatic rings. The van der Waals surface area contributed by atoms with Crippen molar-refractivity contribution in [1.29, 1.82) is 0 Å². The van der Waals surface area contributed by atoms with Gasteiger partial charge in [-0.2, -0.15) is 0 Å². The minimum Gasteiger partial charge on any atom is -0.496 e. The lowest BCUT2D eigenvalue weighted by Gasteiger charge is -2.41. The molecule has 0 amide bonds. The molecule has 0 aromatic heterocycles. The van der Waals surface area contributed by atoms with Gasteiger partial charge >= 0.3 is 0 Å². The summed E-state index contributed by atoms with van der Waals surface area (Å²) >= 11 is 3.58. The Morgan fingerprint density at radius 3 is 2.63 bits per heavy atom. The quantitative estimate of drug-likeness (QED) is 0.831. The Balaban J connectivity index is 1.66. The summed E-state index contributed by atoms with van der Waals surface area (Å²) in [6.45, 7) is 3.66. The van der Waals surface area contributed by atoms with Crippen LogP contribution in [0.5, 0.6) is 5.75 Å². The molecule has 3 heteroatoms. The van der Waals surface area contributed by atoms with Gasteiger partial charge in [-0.05, 0) is 64.7 Å². The van der Waals surface area contributed by atoms with Gasteiger partial charge in [0.25, 0.3) is 0 Å². The summed E-state index contributed by atoms with van der Waals surface area (Å²) in [5.74, 6) is 2.82. The van der Waals surface area contributed by atoms with E-state index in [2.05, 4.69) is 39.0 Å². The molecular formula is C16H22BrNO. The molecule has 104 valence electrons. The average molecular weight is 324 g/mol. The summed E-state index contributed by atoms with van der Waals surface area (Å²) in [6.07, 6.45) is 5.82. The van der Waals surface area contributed by atoms with Crippen LogP contribution in [-0.2, 0) is 6.54 Å². The maximum Gasteiger partial charge on any atom is 0.133 e. The Labute approximate surface area is 124 Å². The standard InChI is InChI=1S/C16H22BrNO/c1-19-16-6-5-14(8-15(16)17)11-18-9-12-3-2-4-13(7-12)10-18/h5-6,8,12-13H,2-4,7,9-11H2,1H3. The molecule has 2 bridgehead atoms. The highest BCUT2D eigenvalue weighted by atomic mass is 79.9. The van der Waals surface area contributed by atoms with Gasteiger partial charge in [0.05, 0.1) is 11.6 Å². The minimum atomic E-state index is 0.916. The number of rotatable bonds is 3. The molecular weight excluding hydrogens is 302 g/mol. The van der Waals surface area contributed by atoms with Crippen molar-refractivity contribution in [1.82, 2.24) is 4.90 Å². The summed E-state index contributed by atoms with van der Waals surface area (Å²) in [5.41, 5.74) is 1.38. The fraction of sp³-hybridized carbons (Fsp3) is 0.625. The van der Waals surface area contributed by atoms with Gasteiger partial charge < -0.3 is 4.74 Å². The van der Waals surface area contributed by atoms with E-state index in [4.69, 9.17) is 4.74 Å². The van der Waals surface area contributed by atoms with Gasteiger partial charge in [-0.3, -0.25) is 4.90 Å². The fourth-order valence-corrected chi connectivity index (χ4v) is 4.32. The molecule has 2 nitrogen and oxygen atoms in total. The predicted molar refractivity (Wildman–Crippen MR) is 81.4 cm³/mol. The zero-order chi connectivity index (χ0) is 13.2. The lowest BCUT2D eigenvalue weighted by atomic mass is 9.78. The predicted octanol–water partition coefficient (Wildman–Crippen LogP) is 4.08. The molecule has 1 saturated heterocycles. The van der Waals surface area contributed by atoms with E-state index in [0.717, 1.165) is 28.6 Å². The zero-order valence-corrected chi connectivity index (χ0v) is 13.2. The number of hydrogen-bond donors (Lipinski definition) is 0. The summed E-state index contributed by atoms with van der Waals surface area (Å²) < 4.78 is 6.35. The van der Waals surface area contributed by atoms with Gasteiger partial charge in [-0.15, -0.1) is 0 Å². The number of methoxy groups -OCH3 is 1. The smallest absolute Gasteiger partial charge is 0.133 e. The first kappa shape index (κ1) is 13.4. The molecule has 0 N–H and O–H groups in total. The van der Waals surface area contributed by atoms with Crippen LogP contribution >= 0.6 is 15.9 Å². The molecule has 19 heavy (non-hydrogen) atoms. The van der Waals surface area contributed by atoms with Crippen LogP contribution in [0, 0.1) is 11.8 Å². The van der Waals surface area contributed by atoms with Crippen molar-refractivity contribution >= 4 is 15.9 Å². The van der Waals surface area contributed by atoms with Crippen molar-refractivity contribution in [3.8, 4) is 5.75 Å². The summed E-state index contributed by atoms with van der Waals surface area (Å²) in [5, 5.41) is 0. The lowest BCUT2D eigenvalue weighted by Crippen LogP contribution is -2.42. The average Bonchev–Trinajstić information content (AvgIpc) is 2.38. The molecule has 2 aliphatic rings. The van der Waals surface area contributed by atoms with Crippen molar-refractivity contribution < 1.29 is 4.74 Å². The highest BCUT2D eigenvalue weighted by Gasteiger charge is 2.30. The molecule has 2 fully saturated rings. The second-order valence-electron chi connectivity index (χ2n) is 6.06. The first-order valence-corrected chi connectivity index (χ1v) is 8.08. The second kappa shape index (κ2) is 5.84. The monoisotopic (exact) mass is 323 g/mol. The van der Waals surface area contributed by atoms with Crippen LogP contribution < -0.4 is 4.74 Å². The van der Waals surface area contributed by atoms with Gasteiger partial charge in [0.1, 0.15) is 5.75 Å². The van der Waals surface area contributed by atoms with Gasteiger partial charge in [0, 0.05) is 19.6 Å². The largest absolute Gasteiger partial charge is 0.496 e. The summed E-state index contributed by atoms with van der Waals surface area (Å²) in [7, 11) is 1.71. The molecule has 3 rings (SSSR count). The van der Waals surface area contributed by atoms with E-state index < -0.39 is 0 Å². The molecule has 0 spiro atoms. The van der Waals surface area contributed by atoms with Crippen molar-refractivity contribution in [2.75, 3.05) is 20.2 Å². The Morgan fingerprint density at radius 2 is 2.00 bits per heavy atom. The lowest BCUT2D eigenvalue weighted by molar-refractivity contribution is 0.0808. The van der Waals surface area contributed by atoms with E-state index in [9.17, 15) is 0 Å². The molecule has 2 unspecified atom stereocenters. The number of hydrogen-bond acceptors (Lipinski definition) is 2. The molecule has 1 heterocycles. The molecule has 2 atom stereocenters. The van der Waals surface area contributed by atoms with Crippen molar-refractivity contribution in [2.45, 2.75) is 32.2 Å². The summed E-state index contributed by atoms with van der Waals surface area (Å²) in [6, 6.07) is 6.45. The fourth-order valence-electron chi connectivity index (χ4n) is 3.73. The van der Waals surface area contributed by atoms with E-state index >= 15 is 0 Å². The van der Waals surface area contributed by atoms with E-state index in [1.165, 1.54) is 44.3 Å². The van der Waals surface area contributed by atoms with Crippen molar-refractivity contribution in [3.05, 3.63) is 28.2 Å². The number of benzene rings is 1. The zero-order valence-electron chi connectivity index (χ0n) is 11.6. The number of likely N-dealkylation sites (tertiary alicyclic amines) is 1. The topological polar surface area (TPSA) is 12.5 Å². The van der Waals surface area contributed by atoms with Crippen molar-refractivity contribution in [2.24, 2.45) is 11.8 Å². The van der Waals surface area contributed by atoms with Gasteiger partial charge in [0.15, 0.2) is 0 Å². The number of fused-ring (bicyclic) bond motifs is 2. The molecule has 1 aliphatic heterocycles. The molecule has 0 radical (unpaired) electrons. The molecule has 1 saturated carbocycles. The normalized spacial score (nSPS) is 27.3. The highest BCUT2D eigenvalue weighted by Crippen LogP contribution is 2.35. The Bertz CT molecular complexity index is 436. The Morgan fingerprint density at radius 1 is 1.26 bits per heavy atom. The third-order valence-electron chi connectivity index (χ3n) is 4.55.